The van der Waals surface area contributed by atoms with Gasteiger partial charge in [-0.05, 0) is 31.0 Å². The molecule has 21 heavy (non-hydrogen) atoms. The topological polar surface area (TPSA) is 32.3 Å². The highest BCUT2D eigenvalue weighted by Crippen LogP contribution is 2.29. The number of hydrogen-bond acceptors (Lipinski definition) is 2. The van der Waals surface area contributed by atoms with Crippen LogP contribution in [0.25, 0.3) is 0 Å². The first-order chi connectivity index (χ1) is 9.88. The smallest absolute Gasteiger partial charge is 0.337 e. The minimum atomic E-state index is -4.31. The predicted molar refractivity (Wildman–Crippen MR) is 73.8 cm³/mol. The first-order valence-electron chi connectivity index (χ1n) is 7.04. The number of halogens is 3. The van der Waals surface area contributed by atoms with Gasteiger partial charge in [0.1, 0.15) is 0 Å². The van der Waals surface area contributed by atoms with Crippen molar-refractivity contribution in [3.8, 4) is 0 Å². The summed E-state index contributed by atoms with van der Waals surface area (Å²) in [6.45, 7) is 4.25. The minimum absolute atomic E-state index is 0.0592. The Hall–Kier alpha value is -1.56. The Morgan fingerprint density at radius 2 is 2.00 bits per heavy atom. The van der Waals surface area contributed by atoms with Gasteiger partial charge in [0.2, 0.25) is 5.91 Å². The lowest BCUT2D eigenvalue weighted by Gasteiger charge is -2.34. The zero-order chi connectivity index (χ0) is 15.5. The summed E-state index contributed by atoms with van der Waals surface area (Å²) < 4.78 is 37.4. The van der Waals surface area contributed by atoms with Crippen molar-refractivity contribution in [3.05, 3.63) is 35.4 Å². The molecule has 3 nitrogen and oxygen atoms in total. The molecule has 1 fully saturated rings. The lowest BCUT2D eigenvalue weighted by molar-refractivity contribution is -0.137. The highest BCUT2D eigenvalue weighted by atomic mass is 19.4. The molecule has 1 aromatic rings. The Bertz CT molecular complexity index is 485. The summed E-state index contributed by atoms with van der Waals surface area (Å²) in [7, 11) is 0. The zero-order valence-corrected chi connectivity index (χ0v) is 11.9. The highest BCUT2D eigenvalue weighted by Gasteiger charge is 2.30. The predicted octanol–water partition coefficient (Wildman–Crippen LogP) is 2.46. The number of carbonyl (C=O) groups excluding carboxylic acids is 1. The van der Waals surface area contributed by atoms with Gasteiger partial charge in [0.25, 0.3) is 0 Å². The van der Waals surface area contributed by atoms with Crippen LogP contribution in [-0.2, 0) is 17.4 Å². The molecular formula is C15H19F3N2O. The fourth-order valence-corrected chi connectivity index (χ4v) is 2.47. The van der Waals surface area contributed by atoms with Crippen molar-refractivity contribution in [2.45, 2.75) is 32.0 Å². The molecule has 1 N–H and O–H groups in total. The molecule has 0 bridgehead atoms. The third kappa shape index (κ3) is 4.20. The van der Waals surface area contributed by atoms with Crippen molar-refractivity contribution in [2.24, 2.45) is 0 Å². The third-order valence-electron chi connectivity index (χ3n) is 3.73. The van der Waals surface area contributed by atoms with Crippen LogP contribution >= 0.6 is 0 Å². The average Bonchev–Trinajstić information content (AvgIpc) is 2.45. The molecule has 6 heteroatoms. The number of benzene rings is 1. The Kier molecular flexibility index (Phi) is 4.88. The maximum Gasteiger partial charge on any atom is 0.416 e. The second-order valence-corrected chi connectivity index (χ2v) is 5.33. The molecule has 1 saturated heterocycles. The molecule has 0 saturated carbocycles. The van der Waals surface area contributed by atoms with Crippen molar-refractivity contribution in [1.29, 1.82) is 0 Å². The van der Waals surface area contributed by atoms with Crippen LogP contribution in [0.15, 0.2) is 24.3 Å². The number of carbonyl (C=O) groups is 1. The molecule has 1 amide bonds. The second-order valence-electron chi connectivity index (χ2n) is 5.33. The van der Waals surface area contributed by atoms with E-state index in [-0.39, 0.29) is 11.9 Å². The molecule has 0 aliphatic carbocycles. The van der Waals surface area contributed by atoms with Crippen LogP contribution in [0.5, 0.6) is 0 Å². The van der Waals surface area contributed by atoms with Gasteiger partial charge in [0.05, 0.1) is 5.56 Å². The summed E-state index contributed by atoms with van der Waals surface area (Å²) in [4.78, 5) is 14.0. The van der Waals surface area contributed by atoms with E-state index in [4.69, 9.17) is 0 Å². The monoisotopic (exact) mass is 300 g/mol. The Morgan fingerprint density at radius 1 is 1.33 bits per heavy atom. The number of nitrogens with zero attached hydrogens (tertiary/aromatic N) is 1. The minimum Gasteiger partial charge on any atom is -0.337 e. The number of aryl methyl sites for hydroxylation is 1. The number of rotatable bonds is 3. The van der Waals surface area contributed by atoms with Crippen LogP contribution in [-0.4, -0.2) is 36.5 Å². The highest BCUT2D eigenvalue weighted by molar-refractivity contribution is 5.77. The van der Waals surface area contributed by atoms with Crippen LogP contribution in [0, 0.1) is 0 Å². The van der Waals surface area contributed by atoms with Gasteiger partial charge >= 0.3 is 6.18 Å². The zero-order valence-electron chi connectivity index (χ0n) is 11.9. The summed E-state index contributed by atoms with van der Waals surface area (Å²) >= 11 is 0. The third-order valence-corrected chi connectivity index (χ3v) is 3.73. The molecule has 1 aliphatic heterocycles. The normalized spacial score (nSPS) is 19.6. The molecule has 1 aromatic carbocycles. The summed E-state index contributed by atoms with van der Waals surface area (Å²) in [5, 5.41) is 3.21. The molecule has 1 heterocycles. The van der Waals surface area contributed by atoms with Crippen molar-refractivity contribution in [3.63, 3.8) is 0 Å². The molecule has 0 radical (unpaired) electrons. The maximum absolute atomic E-state index is 12.5. The number of amides is 1. The molecule has 1 atom stereocenters. The number of hydrogen-bond donors (Lipinski definition) is 1. The molecular weight excluding hydrogens is 281 g/mol. The van der Waals surface area contributed by atoms with Crippen molar-refractivity contribution in [2.75, 3.05) is 19.6 Å². The van der Waals surface area contributed by atoms with E-state index in [9.17, 15) is 18.0 Å². The standard InChI is InChI=1S/C15H19F3N2O/c1-11-10-19-8-9-20(11)14(21)7-4-12-2-5-13(6-3-12)15(16,17)18/h2-3,5-6,11,19H,4,7-10H2,1H3. The van der Waals surface area contributed by atoms with Gasteiger partial charge in [0, 0.05) is 32.1 Å². The quantitative estimate of drug-likeness (QED) is 0.930. The summed E-state index contributed by atoms with van der Waals surface area (Å²) in [6, 6.07) is 5.17. The maximum atomic E-state index is 12.5. The molecule has 0 aromatic heterocycles. The largest absolute Gasteiger partial charge is 0.416 e. The van der Waals surface area contributed by atoms with Gasteiger partial charge in [-0.15, -0.1) is 0 Å². The van der Waals surface area contributed by atoms with Crippen LogP contribution < -0.4 is 5.32 Å². The summed E-state index contributed by atoms with van der Waals surface area (Å²) in [5.74, 6) is 0.0592. The fraction of sp³-hybridized carbons (Fsp3) is 0.533. The van der Waals surface area contributed by atoms with E-state index in [0.717, 1.165) is 30.8 Å². The van der Waals surface area contributed by atoms with E-state index in [1.165, 1.54) is 12.1 Å². The van der Waals surface area contributed by atoms with E-state index < -0.39 is 11.7 Å². The molecule has 1 unspecified atom stereocenters. The number of alkyl halides is 3. The Labute approximate surface area is 122 Å². The van der Waals surface area contributed by atoms with E-state index >= 15 is 0 Å². The molecule has 2 rings (SSSR count). The van der Waals surface area contributed by atoms with Crippen molar-refractivity contribution >= 4 is 5.91 Å². The Morgan fingerprint density at radius 3 is 2.57 bits per heavy atom. The van der Waals surface area contributed by atoms with Crippen LogP contribution in [0.2, 0.25) is 0 Å². The number of nitrogens with one attached hydrogen (secondary N) is 1. The number of piperazine rings is 1. The van der Waals surface area contributed by atoms with E-state index in [1.54, 1.807) is 0 Å². The SMILES string of the molecule is CC1CNCCN1C(=O)CCc1ccc(C(F)(F)F)cc1. The van der Waals surface area contributed by atoms with Gasteiger partial charge in [-0.25, -0.2) is 0 Å². The summed E-state index contributed by atoms with van der Waals surface area (Å²) in [5.41, 5.74) is 0.0902. The van der Waals surface area contributed by atoms with Gasteiger partial charge in [-0.1, -0.05) is 12.1 Å². The van der Waals surface area contributed by atoms with Gasteiger partial charge in [0.15, 0.2) is 0 Å². The van der Waals surface area contributed by atoms with Crippen LogP contribution in [0.3, 0.4) is 0 Å². The first kappa shape index (κ1) is 15.8. The van der Waals surface area contributed by atoms with E-state index in [0.29, 0.717) is 19.4 Å². The van der Waals surface area contributed by atoms with Gasteiger partial charge in [-0.2, -0.15) is 13.2 Å². The molecule has 0 spiro atoms. The molecule has 1 aliphatic rings. The van der Waals surface area contributed by atoms with Gasteiger partial charge < -0.3 is 10.2 Å². The van der Waals surface area contributed by atoms with Crippen molar-refractivity contribution in [1.82, 2.24) is 10.2 Å². The van der Waals surface area contributed by atoms with Gasteiger partial charge in [-0.3, -0.25) is 4.79 Å². The van der Waals surface area contributed by atoms with Crippen LogP contribution in [0.1, 0.15) is 24.5 Å². The lowest BCUT2D eigenvalue weighted by atomic mass is 10.1. The second kappa shape index (κ2) is 6.47. The van der Waals surface area contributed by atoms with Crippen LogP contribution in [0.4, 0.5) is 13.2 Å². The summed E-state index contributed by atoms with van der Waals surface area (Å²) in [6.07, 6.45) is -3.52. The van der Waals surface area contributed by atoms with E-state index in [2.05, 4.69) is 5.32 Å². The van der Waals surface area contributed by atoms with Crippen molar-refractivity contribution < 1.29 is 18.0 Å². The average molecular weight is 300 g/mol. The Balaban J connectivity index is 1.89. The lowest BCUT2D eigenvalue weighted by Crippen LogP contribution is -2.52. The first-order valence-corrected chi connectivity index (χ1v) is 7.04. The van der Waals surface area contributed by atoms with E-state index in [1.807, 2.05) is 11.8 Å². The molecule has 116 valence electrons. The fourth-order valence-electron chi connectivity index (χ4n) is 2.47.